The van der Waals surface area contributed by atoms with Crippen LogP contribution in [0.25, 0.3) is 0 Å². The van der Waals surface area contributed by atoms with E-state index in [1.807, 2.05) is 13.8 Å². The van der Waals surface area contributed by atoms with Gasteiger partial charge in [-0.3, -0.25) is 5.73 Å². The Balaban J connectivity index is 3.02. The van der Waals surface area contributed by atoms with E-state index in [0.717, 1.165) is 0 Å². The molecule has 2 N–H and O–H groups in total. The van der Waals surface area contributed by atoms with Gasteiger partial charge in [0.2, 0.25) is 0 Å². The second-order valence-corrected chi connectivity index (χ2v) is 1.99. The van der Waals surface area contributed by atoms with E-state index in [4.69, 9.17) is 5.73 Å². The van der Waals surface area contributed by atoms with Crippen molar-refractivity contribution >= 4 is 0 Å². The smallest absolute Gasteiger partial charge is 0.148 e. The first-order chi connectivity index (χ1) is 2.00. The maximum Gasteiger partial charge on any atom is 0.148 e. The van der Waals surface area contributed by atoms with Gasteiger partial charge in [0.1, 0.15) is 5.54 Å². The molecule has 0 aliphatic heterocycles. The lowest BCUT2D eigenvalue weighted by Crippen LogP contribution is -2.26. The molecule has 0 heterocycles. The highest BCUT2D eigenvalue weighted by atomic mass is 14.7. The first-order valence-electron chi connectivity index (χ1n) is 1.64. The van der Waals surface area contributed by atoms with Crippen molar-refractivity contribution in [1.82, 2.24) is 0 Å². The fourth-order valence-electron chi connectivity index (χ4n) is 0. The Hall–Kier alpha value is -0.170. The zero-order valence-electron chi connectivity index (χ0n) is 3.78. The molecule has 0 aromatic carbocycles. The molecule has 30 valence electrons. The van der Waals surface area contributed by atoms with E-state index < -0.39 is 0 Å². The molecule has 0 fully saturated rings. The van der Waals surface area contributed by atoms with Crippen molar-refractivity contribution in [1.29, 1.82) is 0 Å². The van der Waals surface area contributed by atoms with Gasteiger partial charge in [0.15, 0.2) is 0 Å². The lowest BCUT2D eigenvalue weighted by Gasteiger charge is -1.96. The van der Waals surface area contributed by atoms with Crippen molar-refractivity contribution in [2.45, 2.75) is 19.4 Å². The Bertz CT molecular complexity index is 19.1. The molecule has 0 aromatic heterocycles. The zero-order chi connectivity index (χ0) is 4.50. The Labute approximate surface area is 33.2 Å². The van der Waals surface area contributed by atoms with E-state index in [1.54, 1.807) is 0 Å². The van der Waals surface area contributed by atoms with Crippen LogP contribution in [0.5, 0.6) is 0 Å². The fourth-order valence-corrected chi connectivity index (χ4v) is 0. The zero-order valence-corrected chi connectivity index (χ0v) is 3.78. The summed E-state index contributed by atoms with van der Waals surface area (Å²) in [5, 5.41) is 0. The largest absolute Gasteiger partial charge is 0.289 e. The third-order valence-electron chi connectivity index (χ3n) is 0. The minimum atomic E-state index is -0.250. The minimum Gasteiger partial charge on any atom is -0.289 e. The number of rotatable bonds is 0. The first-order valence-corrected chi connectivity index (χ1v) is 1.64. The quantitative estimate of drug-likeness (QED) is 0.416. The molecule has 0 aliphatic carbocycles. The van der Waals surface area contributed by atoms with Crippen molar-refractivity contribution < 1.29 is 0 Å². The van der Waals surface area contributed by atoms with Crippen LogP contribution < -0.4 is 5.73 Å². The van der Waals surface area contributed by atoms with Crippen molar-refractivity contribution in [2.75, 3.05) is 0 Å². The molecule has 0 atom stereocenters. The van der Waals surface area contributed by atoms with Gasteiger partial charge in [0.05, 0.1) is 6.92 Å². The van der Waals surface area contributed by atoms with Crippen LogP contribution in [0.1, 0.15) is 13.8 Å². The number of nitrogens with two attached hydrogens (primary N) is 1. The maximum atomic E-state index is 5.24. The summed E-state index contributed by atoms with van der Waals surface area (Å²) in [6.45, 7) is 7.26. The van der Waals surface area contributed by atoms with Crippen LogP contribution in [0.2, 0.25) is 0 Å². The fraction of sp³-hybridized carbons (Fsp3) is 0.750. The molecule has 0 rings (SSSR count). The van der Waals surface area contributed by atoms with Crippen molar-refractivity contribution in [3.63, 3.8) is 0 Å². The van der Waals surface area contributed by atoms with Gasteiger partial charge in [0.25, 0.3) is 0 Å². The van der Waals surface area contributed by atoms with E-state index in [-0.39, 0.29) is 5.54 Å². The molecule has 0 saturated heterocycles. The van der Waals surface area contributed by atoms with E-state index in [2.05, 4.69) is 6.92 Å². The lowest BCUT2D eigenvalue weighted by molar-refractivity contribution is 0.649. The molecule has 1 nitrogen and oxygen atoms in total. The van der Waals surface area contributed by atoms with Gasteiger partial charge in [-0.1, -0.05) is 0 Å². The highest BCUT2D eigenvalue weighted by Gasteiger charge is 2.06. The van der Waals surface area contributed by atoms with Crippen LogP contribution in [0.3, 0.4) is 0 Å². The highest BCUT2D eigenvalue weighted by Crippen LogP contribution is 1.87. The third-order valence-corrected chi connectivity index (χ3v) is 0. The van der Waals surface area contributed by atoms with Gasteiger partial charge in [0, 0.05) is 0 Å². The normalized spacial score (nSPS) is 11.8. The molecule has 0 unspecified atom stereocenters. The summed E-state index contributed by atoms with van der Waals surface area (Å²) in [4.78, 5) is 0. The van der Waals surface area contributed by atoms with E-state index in [0.29, 0.717) is 0 Å². The molecule has 0 saturated carbocycles. The highest BCUT2D eigenvalue weighted by molar-refractivity contribution is 4.72. The van der Waals surface area contributed by atoms with Crippen molar-refractivity contribution in [3.05, 3.63) is 6.92 Å². The molecular formula is C4H10N+. The van der Waals surface area contributed by atoms with Gasteiger partial charge in [-0.15, -0.1) is 0 Å². The van der Waals surface area contributed by atoms with Gasteiger partial charge in [-0.2, -0.15) is 0 Å². The van der Waals surface area contributed by atoms with Crippen LogP contribution in [-0.2, 0) is 0 Å². The molecule has 0 bridgehead atoms. The summed E-state index contributed by atoms with van der Waals surface area (Å²) in [5.41, 5.74) is 4.99. The second kappa shape index (κ2) is 0.902. The summed E-state index contributed by atoms with van der Waals surface area (Å²) in [7, 11) is 0. The van der Waals surface area contributed by atoms with Gasteiger partial charge < -0.3 is 0 Å². The molecule has 0 aliphatic rings. The summed E-state index contributed by atoms with van der Waals surface area (Å²) in [6.07, 6.45) is 0. The second-order valence-electron chi connectivity index (χ2n) is 1.99. The predicted molar refractivity (Wildman–Crippen MR) is 23.6 cm³/mol. The third kappa shape index (κ3) is 444. The summed E-state index contributed by atoms with van der Waals surface area (Å²) >= 11 is 0. The molecule has 5 heavy (non-hydrogen) atoms. The first kappa shape index (κ1) is 4.83. The Morgan fingerprint density at radius 1 is 1.60 bits per heavy atom. The predicted octanol–water partition coefficient (Wildman–Crippen LogP) is 0.558. The van der Waals surface area contributed by atoms with E-state index >= 15 is 0 Å². The average Bonchev–Trinajstić information content (AvgIpc) is 0.722. The Morgan fingerprint density at radius 2 is 1.60 bits per heavy atom. The minimum absolute atomic E-state index is 0.250. The topological polar surface area (TPSA) is 26.0 Å². The number of hydrogen-bond donors (Lipinski definition) is 1. The van der Waals surface area contributed by atoms with Crippen LogP contribution in [0, 0.1) is 6.92 Å². The molecule has 0 amide bonds. The van der Waals surface area contributed by atoms with Gasteiger partial charge in [-0.25, -0.2) is 0 Å². The number of hydrogen-bond acceptors (Lipinski definition) is 1. The average molecular weight is 72.1 g/mol. The summed E-state index contributed by atoms with van der Waals surface area (Å²) in [6, 6.07) is 0. The molecular weight excluding hydrogens is 62.1 g/mol. The molecule has 1 heteroatoms. The molecule has 0 radical (unpaired) electrons. The summed E-state index contributed by atoms with van der Waals surface area (Å²) < 4.78 is 0. The van der Waals surface area contributed by atoms with Gasteiger partial charge in [-0.05, 0) is 13.8 Å². The maximum absolute atomic E-state index is 5.24. The lowest BCUT2D eigenvalue weighted by atomic mass is 10.1. The monoisotopic (exact) mass is 72.1 g/mol. The standard InChI is InChI=1S/C4H10N/c1-4(2,3)5/h1,5H2,2-3H3/q+1. The van der Waals surface area contributed by atoms with Crippen molar-refractivity contribution in [3.8, 4) is 0 Å². The van der Waals surface area contributed by atoms with Crippen molar-refractivity contribution in [2.24, 2.45) is 5.73 Å². The van der Waals surface area contributed by atoms with E-state index in [9.17, 15) is 0 Å². The van der Waals surface area contributed by atoms with Crippen LogP contribution in [0.15, 0.2) is 0 Å². The summed E-state index contributed by atoms with van der Waals surface area (Å²) in [5.74, 6) is 0. The van der Waals surface area contributed by atoms with E-state index in [1.165, 1.54) is 0 Å². The molecule has 0 aromatic rings. The van der Waals surface area contributed by atoms with Gasteiger partial charge >= 0.3 is 0 Å². The Kier molecular flexibility index (Phi) is 0.872. The molecule has 0 spiro atoms. The van der Waals surface area contributed by atoms with Crippen LogP contribution in [0.4, 0.5) is 0 Å². The van der Waals surface area contributed by atoms with Crippen LogP contribution in [-0.4, -0.2) is 5.54 Å². The Morgan fingerprint density at radius 3 is 1.60 bits per heavy atom. The van der Waals surface area contributed by atoms with Crippen LogP contribution >= 0.6 is 0 Å². The SMILES string of the molecule is [CH2+]C(C)(C)N.